The molecule has 2 aromatic heterocycles. The van der Waals surface area contributed by atoms with Crippen LogP contribution in [-0.2, 0) is 0 Å². The molecule has 4 rings (SSSR count). The first-order valence-corrected chi connectivity index (χ1v) is 8.52. The number of hydrogen-bond donors (Lipinski definition) is 1. The average Bonchev–Trinajstić information content (AvgIpc) is 3.16. The molecular weight excluding hydrogens is 344 g/mol. The van der Waals surface area contributed by atoms with Crippen molar-refractivity contribution in [3.8, 4) is 0 Å². The maximum absolute atomic E-state index is 12.7. The van der Waals surface area contributed by atoms with Gasteiger partial charge in [0.25, 0.3) is 5.91 Å². The first-order valence-electron chi connectivity index (χ1n) is 8.14. The zero-order valence-electron chi connectivity index (χ0n) is 13.7. The van der Waals surface area contributed by atoms with Gasteiger partial charge in [-0.25, -0.2) is 4.79 Å². The Labute approximate surface area is 148 Å². The molecule has 1 amide bonds. The smallest absolute Gasteiger partial charge is 0.408 e. The van der Waals surface area contributed by atoms with E-state index in [1.807, 2.05) is 6.92 Å². The number of benzene rings is 1. The molecule has 1 atom stereocenters. The average molecular weight is 361 g/mol. The third-order valence-corrected chi connectivity index (χ3v) is 4.92. The molecule has 1 saturated heterocycles. The fourth-order valence-electron chi connectivity index (χ4n) is 3.44. The van der Waals surface area contributed by atoms with Crippen molar-refractivity contribution in [2.45, 2.75) is 25.8 Å². The lowest BCUT2D eigenvalue weighted by molar-refractivity contribution is 0.0677. The van der Waals surface area contributed by atoms with Gasteiger partial charge in [0, 0.05) is 23.8 Å². The Hall–Kier alpha value is -2.54. The van der Waals surface area contributed by atoms with Crippen molar-refractivity contribution in [3.63, 3.8) is 0 Å². The summed E-state index contributed by atoms with van der Waals surface area (Å²) >= 11 is 6.07. The Kier molecular flexibility index (Phi) is 3.88. The molecule has 8 heteroatoms. The van der Waals surface area contributed by atoms with E-state index >= 15 is 0 Å². The Morgan fingerprint density at radius 2 is 2.28 bits per heavy atom. The summed E-state index contributed by atoms with van der Waals surface area (Å²) in [5.41, 5.74) is 2.47. The number of carbonyl (C=O) groups excluding carboxylic acids is 1. The Bertz CT molecular complexity index is 1000. The zero-order chi connectivity index (χ0) is 17.6. The predicted octanol–water partition coefficient (Wildman–Crippen LogP) is 2.76. The number of halogens is 1. The summed E-state index contributed by atoms with van der Waals surface area (Å²) < 4.78 is 6.94. The van der Waals surface area contributed by atoms with Crippen LogP contribution >= 0.6 is 11.6 Å². The van der Waals surface area contributed by atoms with E-state index in [4.69, 9.17) is 16.0 Å². The third-order valence-electron chi connectivity index (χ3n) is 4.68. The molecule has 0 bridgehead atoms. The Balaban J connectivity index is 1.67. The molecule has 3 aromatic rings. The van der Waals surface area contributed by atoms with Gasteiger partial charge < -0.3 is 9.32 Å². The number of oxazole rings is 1. The van der Waals surface area contributed by atoms with Crippen LogP contribution in [0.25, 0.3) is 11.1 Å². The molecule has 3 heterocycles. The van der Waals surface area contributed by atoms with Crippen LogP contribution in [0.1, 0.15) is 34.9 Å². The largest absolute Gasteiger partial charge is 0.420 e. The van der Waals surface area contributed by atoms with E-state index < -0.39 is 5.76 Å². The standard InChI is InChI=1S/C17H17ClN4O3/c1-10-13(8-19-20-10)16(23)21-6-2-3-12(9-21)22-14-7-11(18)4-5-15(14)25-17(22)24/h4-5,7-8,12H,2-3,6,9H2,1H3,(H,19,20). The van der Waals surface area contributed by atoms with Crippen LogP contribution in [0.4, 0.5) is 0 Å². The van der Waals surface area contributed by atoms with Crippen LogP contribution in [0.3, 0.4) is 0 Å². The lowest BCUT2D eigenvalue weighted by Gasteiger charge is -2.33. The van der Waals surface area contributed by atoms with Crippen molar-refractivity contribution in [3.05, 3.63) is 51.2 Å². The number of likely N-dealkylation sites (tertiary alicyclic amines) is 1. The number of aromatic nitrogens is 3. The number of rotatable bonds is 2. The minimum absolute atomic E-state index is 0.0742. The monoisotopic (exact) mass is 360 g/mol. The number of hydrogen-bond acceptors (Lipinski definition) is 4. The fraction of sp³-hybridized carbons (Fsp3) is 0.353. The summed E-state index contributed by atoms with van der Waals surface area (Å²) in [5.74, 6) is -0.495. The molecule has 1 unspecified atom stereocenters. The number of fused-ring (bicyclic) bond motifs is 1. The minimum atomic E-state index is -0.420. The molecule has 1 aliphatic rings. The lowest BCUT2D eigenvalue weighted by atomic mass is 10.0. The molecule has 0 radical (unpaired) electrons. The molecule has 1 aromatic carbocycles. The van der Waals surface area contributed by atoms with Gasteiger partial charge in [0.05, 0.1) is 23.3 Å². The Morgan fingerprint density at radius 3 is 3.04 bits per heavy atom. The van der Waals surface area contributed by atoms with Crippen molar-refractivity contribution < 1.29 is 9.21 Å². The van der Waals surface area contributed by atoms with Gasteiger partial charge in [-0.15, -0.1) is 0 Å². The molecule has 1 N–H and O–H groups in total. The lowest BCUT2D eigenvalue weighted by Crippen LogP contribution is -2.42. The van der Waals surface area contributed by atoms with Crippen molar-refractivity contribution in [1.82, 2.24) is 19.7 Å². The molecule has 0 spiro atoms. The van der Waals surface area contributed by atoms with E-state index in [0.717, 1.165) is 18.5 Å². The zero-order valence-corrected chi connectivity index (χ0v) is 14.4. The third kappa shape index (κ3) is 2.74. The van der Waals surface area contributed by atoms with E-state index in [1.54, 1.807) is 33.9 Å². The second-order valence-corrected chi connectivity index (χ2v) is 6.74. The van der Waals surface area contributed by atoms with E-state index in [-0.39, 0.29) is 11.9 Å². The maximum Gasteiger partial charge on any atom is 0.420 e. The number of nitrogens with zero attached hydrogens (tertiary/aromatic N) is 3. The highest BCUT2D eigenvalue weighted by molar-refractivity contribution is 6.31. The highest BCUT2D eigenvalue weighted by Gasteiger charge is 2.29. The van der Waals surface area contributed by atoms with Crippen LogP contribution in [0.2, 0.25) is 5.02 Å². The Morgan fingerprint density at radius 1 is 1.44 bits per heavy atom. The van der Waals surface area contributed by atoms with Crippen molar-refractivity contribution in [2.24, 2.45) is 0 Å². The molecule has 7 nitrogen and oxygen atoms in total. The van der Waals surface area contributed by atoms with Crippen LogP contribution in [-0.4, -0.2) is 38.7 Å². The summed E-state index contributed by atoms with van der Waals surface area (Å²) in [6, 6.07) is 4.96. The van der Waals surface area contributed by atoms with Gasteiger partial charge in [0.1, 0.15) is 0 Å². The summed E-state index contributed by atoms with van der Waals surface area (Å²) in [7, 11) is 0. The van der Waals surface area contributed by atoms with Gasteiger partial charge in [-0.1, -0.05) is 11.6 Å². The van der Waals surface area contributed by atoms with E-state index in [0.29, 0.717) is 34.8 Å². The van der Waals surface area contributed by atoms with Crippen LogP contribution in [0.5, 0.6) is 0 Å². The molecule has 130 valence electrons. The van der Waals surface area contributed by atoms with Gasteiger partial charge in [0.2, 0.25) is 0 Å². The highest BCUT2D eigenvalue weighted by atomic mass is 35.5. The van der Waals surface area contributed by atoms with Crippen LogP contribution < -0.4 is 5.76 Å². The number of carbonyl (C=O) groups is 1. The summed E-state index contributed by atoms with van der Waals surface area (Å²) in [4.78, 5) is 26.8. The van der Waals surface area contributed by atoms with Gasteiger partial charge >= 0.3 is 5.76 Å². The number of H-pyrrole nitrogens is 1. The van der Waals surface area contributed by atoms with Crippen LogP contribution in [0.15, 0.2) is 33.6 Å². The first-order chi connectivity index (χ1) is 12.0. The summed E-state index contributed by atoms with van der Waals surface area (Å²) in [5, 5.41) is 7.24. The van der Waals surface area contributed by atoms with Crippen molar-refractivity contribution >= 4 is 28.6 Å². The number of aromatic amines is 1. The normalized spacial score (nSPS) is 18.0. The summed E-state index contributed by atoms with van der Waals surface area (Å²) in [6.45, 7) is 2.92. The molecule has 0 aliphatic carbocycles. The molecule has 1 fully saturated rings. The number of nitrogens with one attached hydrogen (secondary N) is 1. The van der Waals surface area contributed by atoms with E-state index in [2.05, 4.69) is 10.2 Å². The van der Waals surface area contributed by atoms with Gasteiger partial charge in [0.15, 0.2) is 5.58 Å². The quantitative estimate of drug-likeness (QED) is 0.761. The molecule has 25 heavy (non-hydrogen) atoms. The van der Waals surface area contributed by atoms with Crippen molar-refractivity contribution in [1.29, 1.82) is 0 Å². The van der Waals surface area contributed by atoms with Gasteiger partial charge in [-0.05, 0) is 38.0 Å². The molecule has 1 aliphatic heterocycles. The summed E-state index contributed by atoms with van der Waals surface area (Å²) in [6.07, 6.45) is 3.16. The second-order valence-electron chi connectivity index (χ2n) is 6.31. The topological polar surface area (TPSA) is 84.1 Å². The maximum atomic E-state index is 12.7. The SMILES string of the molecule is Cc1[nH]ncc1C(=O)N1CCCC(n2c(=O)oc3ccc(Cl)cc32)C1. The highest BCUT2D eigenvalue weighted by Crippen LogP contribution is 2.27. The van der Waals surface area contributed by atoms with E-state index in [9.17, 15) is 9.59 Å². The molecular formula is C17H17ClN4O3. The van der Waals surface area contributed by atoms with E-state index in [1.165, 1.54) is 0 Å². The second kappa shape index (κ2) is 6.07. The first kappa shape index (κ1) is 16.0. The minimum Gasteiger partial charge on any atom is -0.408 e. The number of aryl methyl sites for hydroxylation is 1. The number of piperidine rings is 1. The molecule has 0 saturated carbocycles. The van der Waals surface area contributed by atoms with Gasteiger partial charge in [-0.3, -0.25) is 14.5 Å². The van der Waals surface area contributed by atoms with Crippen LogP contribution in [0, 0.1) is 6.92 Å². The fourth-order valence-corrected chi connectivity index (χ4v) is 3.61. The van der Waals surface area contributed by atoms with Gasteiger partial charge in [-0.2, -0.15) is 5.10 Å². The van der Waals surface area contributed by atoms with Crippen molar-refractivity contribution in [2.75, 3.05) is 13.1 Å². The number of amides is 1. The predicted molar refractivity (Wildman–Crippen MR) is 93.0 cm³/mol.